The van der Waals surface area contributed by atoms with Crippen molar-refractivity contribution in [3.63, 3.8) is 0 Å². The first-order valence-corrected chi connectivity index (χ1v) is 5.92. The van der Waals surface area contributed by atoms with E-state index in [1.807, 2.05) is 11.8 Å². The highest BCUT2D eigenvalue weighted by Crippen LogP contribution is 2.14. The third-order valence-corrected chi connectivity index (χ3v) is 2.57. The number of carbonyl (C=O) groups is 1. The van der Waals surface area contributed by atoms with Gasteiger partial charge in [0.25, 0.3) is 0 Å². The van der Waals surface area contributed by atoms with E-state index in [2.05, 4.69) is 5.32 Å². The van der Waals surface area contributed by atoms with Gasteiger partial charge in [-0.2, -0.15) is 0 Å². The lowest BCUT2D eigenvalue weighted by Crippen LogP contribution is -2.35. The van der Waals surface area contributed by atoms with Crippen molar-refractivity contribution < 1.29 is 9.90 Å². The smallest absolute Gasteiger partial charge is 0.238 e. The van der Waals surface area contributed by atoms with Crippen LogP contribution in [0.2, 0.25) is 5.02 Å². The van der Waals surface area contributed by atoms with Crippen LogP contribution in [-0.2, 0) is 4.79 Å². The summed E-state index contributed by atoms with van der Waals surface area (Å²) in [4.78, 5) is 13.6. The normalized spacial score (nSPS) is 10.6. The molecule has 0 aliphatic carbocycles. The molecule has 0 aromatic heterocycles. The van der Waals surface area contributed by atoms with Gasteiger partial charge in [0, 0.05) is 17.3 Å². The van der Waals surface area contributed by atoms with Crippen molar-refractivity contribution in [3.8, 4) is 0 Å². The average Bonchev–Trinajstić information content (AvgIpc) is 2.28. The lowest BCUT2D eigenvalue weighted by Gasteiger charge is -2.18. The molecular formula is C12H17ClN2O2. The van der Waals surface area contributed by atoms with E-state index in [4.69, 9.17) is 16.7 Å². The van der Waals surface area contributed by atoms with Gasteiger partial charge in [-0.05, 0) is 24.7 Å². The molecule has 1 amide bonds. The largest absolute Gasteiger partial charge is 0.395 e. The summed E-state index contributed by atoms with van der Waals surface area (Å²) < 4.78 is 0. The lowest BCUT2D eigenvalue weighted by atomic mass is 10.3. The Morgan fingerprint density at radius 3 is 2.88 bits per heavy atom. The number of halogens is 1. The topological polar surface area (TPSA) is 52.6 Å². The molecule has 0 bridgehead atoms. The first-order chi connectivity index (χ1) is 8.15. The Kier molecular flexibility index (Phi) is 5.97. The SMILES string of the molecule is CCN(CCO)CC(=O)Nc1cccc(Cl)c1. The van der Waals surface area contributed by atoms with Crippen LogP contribution in [0.1, 0.15) is 6.92 Å². The summed E-state index contributed by atoms with van der Waals surface area (Å²) in [6.45, 7) is 3.49. The zero-order valence-electron chi connectivity index (χ0n) is 9.82. The molecule has 0 spiro atoms. The minimum absolute atomic E-state index is 0.0539. The van der Waals surface area contributed by atoms with Crippen LogP contribution in [0.15, 0.2) is 24.3 Å². The molecule has 1 rings (SSSR count). The third-order valence-electron chi connectivity index (χ3n) is 2.34. The molecule has 17 heavy (non-hydrogen) atoms. The summed E-state index contributed by atoms with van der Waals surface area (Å²) >= 11 is 5.82. The van der Waals surface area contributed by atoms with Gasteiger partial charge in [-0.25, -0.2) is 0 Å². The maximum Gasteiger partial charge on any atom is 0.238 e. The molecule has 0 radical (unpaired) electrons. The van der Waals surface area contributed by atoms with Crippen molar-refractivity contribution in [2.45, 2.75) is 6.92 Å². The zero-order valence-corrected chi connectivity index (χ0v) is 10.6. The van der Waals surface area contributed by atoms with E-state index < -0.39 is 0 Å². The molecule has 0 heterocycles. The number of aliphatic hydroxyl groups is 1. The number of anilines is 1. The van der Waals surface area contributed by atoms with Gasteiger partial charge in [0.2, 0.25) is 5.91 Å². The molecule has 0 fully saturated rings. The number of amides is 1. The van der Waals surface area contributed by atoms with Gasteiger partial charge < -0.3 is 10.4 Å². The number of nitrogens with zero attached hydrogens (tertiary/aromatic N) is 1. The predicted octanol–water partition coefficient (Wildman–Crippen LogP) is 1.59. The molecule has 4 nitrogen and oxygen atoms in total. The highest BCUT2D eigenvalue weighted by molar-refractivity contribution is 6.30. The van der Waals surface area contributed by atoms with Crippen molar-refractivity contribution in [1.82, 2.24) is 4.90 Å². The van der Waals surface area contributed by atoms with Crippen molar-refractivity contribution in [2.24, 2.45) is 0 Å². The number of rotatable bonds is 6. The summed E-state index contributed by atoms with van der Waals surface area (Å²) in [5, 5.41) is 12.2. The van der Waals surface area contributed by atoms with Gasteiger partial charge in [-0.3, -0.25) is 9.69 Å². The van der Waals surface area contributed by atoms with E-state index in [1.54, 1.807) is 24.3 Å². The molecule has 0 atom stereocenters. The first kappa shape index (κ1) is 14.0. The van der Waals surface area contributed by atoms with E-state index >= 15 is 0 Å². The second-order valence-electron chi connectivity index (χ2n) is 3.65. The second kappa shape index (κ2) is 7.27. The summed E-state index contributed by atoms with van der Waals surface area (Å²) in [5.74, 6) is -0.109. The number of carbonyl (C=O) groups excluding carboxylic acids is 1. The molecule has 0 saturated carbocycles. The van der Waals surface area contributed by atoms with Crippen LogP contribution in [0.3, 0.4) is 0 Å². The maximum absolute atomic E-state index is 11.7. The summed E-state index contributed by atoms with van der Waals surface area (Å²) in [5.41, 5.74) is 0.683. The fourth-order valence-electron chi connectivity index (χ4n) is 1.46. The fraction of sp³-hybridized carbons (Fsp3) is 0.417. The molecule has 2 N–H and O–H groups in total. The van der Waals surface area contributed by atoms with Crippen molar-refractivity contribution in [2.75, 3.05) is 31.6 Å². The van der Waals surface area contributed by atoms with Crippen molar-refractivity contribution in [1.29, 1.82) is 0 Å². The molecular weight excluding hydrogens is 240 g/mol. The van der Waals surface area contributed by atoms with E-state index in [9.17, 15) is 4.79 Å². The molecule has 0 unspecified atom stereocenters. The van der Waals surface area contributed by atoms with Crippen LogP contribution in [0, 0.1) is 0 Å². The Labute approximate surface area is 106 Å². The molecule has 1 aromatic rings. The Morgan fingerprint density at radius 2 is 2.29 bits per heavy atom. The Hall–Kier alpha value is -1.10. The summed E-state index contributed by atoms with van der Waals surface area (Å²) in [6, 6.07) is 7.01. The van der Waals surface area contributed by atoms with E-state index in [-0.39, 0.29) is 19.1 Å². The summed E-state index contributed by atoms with van der Waals surface area (Å²) in [6.07, 6.45) is 0. The third kappa shape index (κ3) is 5.17. The second-order valence-corrected chi connectivity index (χ2v) is 4.09. The number of aliphatic hydroxyl groups excluding tert-OH is 1. The minimum Gasteiger partial charge on any atom is -0.395 e. The van der Waals surface area contributed by atoms with Crippen LogP contribution in [0.25, 0.3) is 0 Å². The van der Waals surface area contributed by atoms with E-state index in [1.165, 1.54) is 0 Å². The van der Waals surface area contributed by atoms with Crippen molar-refractivity contribution >= 4 is 23.2 Å². The van der Waals surface area contributed by atoms with Gasteiger partial charge in [-0.1, -0.05) is 24.6 Å². The molecule has 0 aliphatic rings. The highest BCUT2D eigenvalue weighted by Gasteiger charge is 2.08. The molecule has 1 aromatic carbocycles. The quantitative estimate of drug-likeness (QED) is 0.813. The standard InChI is InChI=1S/C12H17ClN2O2/c1-2-15(6-7-16)9-12(17)14-11-5-3-4-10(13)8-11/h3-5,8,16H,2,6-7,9H2,1H3,(H,14,17). The average molecular weight is 257 g/mol. The number of likely N-dealkylation sites (N-methyl/N-ethyl adjacent to an activating group) is 1. The van der Waals surface area contributed by atoms with Gasteiger partial charge in [0.1, 0.15) is 0 Å². The van der Waals surface area contributed by atoms with Gasteiger partial charge in [0.05, 0.1) is 13.2 Å². The van der Waals surface area contributed by atoms with Crippen LogP contribution in [0.4, 0.5) is 5.69 Å². The van der Waals surface area contributed by atoms with Crippen LogP contribution < -0.4 is 5.32 Å². The fourth-order valence-corrected chi connectivity index (χ4v) is 1.65. The highest BCUT2D eigenvalue weighted by atomic mass is 35.5. The van der Waals surface area contributed by atoms with E-state index in [0.29, 0.717) is 17.3 Å². The number of nitrogens with one attached hydrogen (secondary N) is 1. The zero-order chi connectivity index (χ0) is 12.7. The lowest BCUT2D eigenvalue weighted by molar-refractivity contribution is -0.117. The van der Waals surface area contributed by atoms with Crippen LogP contribution in [0.5, 0.6) is 0 Å². The first-order valence-electron chi connectivity index (χ1n) is 5.54. The van der Waals surface area contributed by atoms with Gasteiger partial charge >= 0.3 is 0 Å². The van der Waals surface area contributed by atoms with Gasteiger partial charge in [0.15, 0.2) is 0 Å². The summed E-state index contributed by atoms with van der Waals surface area (Å²) in [7, 11) is 0. The van der Waals surface area contributed by atoms with Crippen molar-refractivity contribution in [3.05, 3.63) is 29.3 Å². The van der Waals surface area contributed by atoms with Crippen LogP contribution in [-0.4, -0.2) is 42.2 Å². The van der Waals surface area contributed by atoms with Crippen LogP contribution >= 0.6 is 11.6 Å². The maximum atomic E-state index is 11.7. The number of benzene rings is 1. The Bertz CT molecular complexity index is 371. The minimum atomic E-state index is -0.109. The Balaban J connectivity index is 2.49. The monoisotopic (exact) mass is 256 g/mol. The Morgan fingerprint density at radius 1 is 1.53 bits per heavy atom. The molecule has 0 saturated heterocycles. The number of hydrogen-bond donors (Lipinski definition) is 2. The number of hydrogen-bond acceptors (Lipinski definition) is 3. The molecule has 94 valence electrons. The van der Waals surface area contributed by atoms with Gasteiger partial charge in [-0.15, -0.1) is 0 Å². The molecule has 5 heteroatoms. The van der Waals surface area contributed by atoms with E-state index in [0.717, 1.165) is 6.54 Å². The predicted molar refractivity (Wildman–Crippen MR) is 69.3 cm³/mol. The molecule has 0 aliphatic heterocycles.